The van der Waals surface area contributed by atoms with E-state index in [0.29, 0.717) is 87.6 Å². The number of halogens is 2. The van der Waals surface area contributed by atoms with Crippen molar-refractivity contribution in [2.24, 2.45) is 11.3 Å². The van der Waals surface area contributed by atoms with Crippen molar-refractivity contribution in [3.8, 4) is 17.0 Å². The Kier molecular flexibility index (Phi) is 18.3. The molecule has 20 heteroatoms. The molecular weight excluding hydrogens is 988 g/mol. The van der Waals surface area contributed by atoms with Crippen LogP contribution >= 0.6 is 23.2 Å². The molecule has 18 nitrogen and oxygen atoms in total. The molecule has 3 N–H and O–H groups in total. The number of ether oxygens (including phenoxy) is 1. The van der Waals surface area contributed by atoms with E-state index in [9.17, 15) is 29.1 Å². The lowest BCUT2D eigenvalue weighted by molar-refractivity contribution is -0.153. The van der Waals surface area contributed by atoms with Crippen LogP contribution in [-0.4, -0.2) is 161 Å². The number of benzene rings is 2. The van der Waals surface area contributed by atoms with Crippen LogP contribution in [0.2, 0.25) is 10.0 Å². The van der Waals surface area contributed by atoms with Gasteiger partial charge in [0, 0.05) is 119 Å². The summed E-state index contributed by atoms with van der Waals surface area (Å²) < 4.78 is 5.69. The normalized spacial score (nSPS) is 17.1. The Hall–Kier alpha value is -6.63. The minimum atomic E-state index is -1.15. The molecule has 3 aromatic heterocycles. The third kappa shape index (κ3) is 12.6. The molecule has 9 rings (SSSR count). The van der Waals surface area contributed by atoms with Gasteiger partial charge in [0.2, 0.25) is 18.2 Å². The molecule has 4 fully saturated rings. The van der Waals surface area contributed by atoms with Gasteiger partial charge in [0.25, 0.3) is 5.91 Å². The third-order valence-corrected chi connectivity index (χ3v) is 15.3. The maximum atomic E-state index is 13.5. The van der Waals surface area contributed by atoms with Gasteiger partial charge in [-0.3, -0.25) is 34.1 Å². The lowest BCUT2D eigenvalue weighted by Gasteiger charge is -2.61. The molecule has 2 aromatic carbocycles. The highest BCUT2D eigenvalue weighted by atomic mass is 35.5. The number of fused-ring (bicyclic) bond motifs is 1. The molecule has 5 aromatic rings. The van der Waals surface area contributed by atoms with Crippen molar-refractivity contribution < 1.29 is 38.6 Å². The minimum Gasteiger partial charge on any atom is -0.494 e. The lowest BCUT2D eigenvalue weighted by atomic mass is 9.72. The zero-order chi connectivity index (χ0) is 53.2. The fourth-order valence-corrected chi connectivity index (χ4v) is 10.5. The molecule has 4 aliphatic heterocycles. The third-order valence-electron chi connectivity index (χ3n) is 14.5. The first-order valence-electron chi connectivity index (χ1n) is 25.1. The number of H-pyrrole nitrogens is 1. The molecule has 0 saturated carbocycles. The number of piperidine rings is 2. The number of aromatic amines is 1. The van der Waals surface area contributed by atoms with E-state index in [4.69, 9.17) is 37.7 Å². The quantitative estimate of drug-likeness (QED) is 0.0939. The van der Waals surface area contributed by atoms with Crippen LogP contribution in [0.3, 0.4) is 0 Å². The maximum Gasteiger partial charge on any atom is 0.254 e. The number of amides is 4. The number of likely N-dealkylation sites (N-methyl/N-ethyl adjacent to an activating group) is 1. The second-order valence-corrected chi connectivity index (χ2v) is 20.5. The second kappa shape index (κ2) is 24.6. The number of hydrogen-bond acceptors (Lipinski definition) is 13. The Labute approximate surface area is 441 Å². The highest BCUT2D eigenvalue weighted by Gasteiger charge is 2.54. The van der Waals surface area contributed by atoms with Crippen LogP contribution in [-0.2, 0) is 19.2 Å². The summed E-state index contributed by atoms with van der Waals surface area (Å²) in [4.78, 5) is 90.8. The number of hydrogen-bond donors (Lipinski definition) is 3. The number of anilines is 2. The average Bonchev–Trinajstić information content (AvgIpc) is 3.82. The predicted molar refractivity (Wildman–Crippen MR) is 285 cm³/mol. The summed E-state index contributed by atoms with van der Waals surface area (Å²) in [5.74, 6) is 1.30. The van der Waals surface area contributed by atoms with Crippen molar-refractivity contribution in [2.45, 2.75) is 77.4 Å². The Bertz CT molecular complexity index is 2760. The van der Waals surface area contributed by atoms with Gasteiger partial charge in [-0.15, -0.1) is 0 Å². The van der Waals surface area contributed by atoms with E-state index >= 15 is 0 Å². The molecule has 394 valence electrons. The smallest absolute Gasteiger partial charge is 0.254 e. The zero-order valence-corrected chi connectivity index (χ0v) is 44.2. The van der Waals surface area contributed by atoms with Crippen molar-refractivity contribution in [2.75, 3.05) is 82.9 Å². The van der Waals surface area contributed by atoms with Gasteiger partial charge < -0.3 is 44.5 Å². The standard InChI is InChI=1S/C46H56N8O7.C6H5Cl2N.C2H5NO/c1-4-6-35(26-56)50(3)44(59)37-10-8-34(21-33(37)25-55)51-19-15-46(60,16-20-51)23-41(57)52-17-13-31(14-18-52)43(58)54-29-45(30-54)27-53(28-45)40-12-7-32(24-47-40)42-38-22-36(61-5-2)9-11-39(38)48-49-42;1-4-5(7)2-9-3-6(4)8;1-3-2-4/h7-12,21-22,24-26,31,35,60H,4-6,13-20,23,27-30H2,1-3H3,(H,48,49);2-3H,1H3;2H,1H3,(H,3,4). The molecular formula is C54H66Cl2N10O8. The van der Waals surface area contributed by atoms with E-state index in [2.05, 4.69) is 25.4 Å². The summed E-state index contributed by atoms with van der Waals surface area (Å²) in [6, 6.07) is 14.5. The molecule has 7 heterocycles. The van der Waals surface area contributed by atoms with Crippen LogP contribution in [0.15, 0.2) is 67.1 Å². The van der Waals surface area contributed by atoms with E-state index < -0.39 is 11.6 Å². The van der Waals surface area contributed by atoms with Crippen LogP contribution in [0.25, 0.3) is 22.2 Å². The fourth-order valence-electron chi connectivity index (χ4n) is 10.1. The SMILES string of the molecule is CCCC(C=O)N(C)C(=O)c1ccc(N2CCC(O)(CC(=O)N3CCC(C(=O)N4CC5(C4)CN(c4ccc(-c6n[nH]c7ccc(OCC)cc67)cn4)C5)CC3)CC2)cc1C=O.CNC=O.Cc1c(Cl)cncc1Cl. The van der Waals surface area contributed by atoms with Gasteiger partial charge in [-0.1, -0.05) is 36.5 Å². The van der Waals surface area contributed by atoms with Gasteiger partial charge >= 0.3 is 0 Å². The zero-order valence-electron chi connectivity index (χ0n) is 42.7. The summed E-state index contributed by atoms with van der Waals surface area (Å²) in [7, 11) is 3.13. The van der Waals surface area contributed by atoms with E-state index in [1.54, 1.807) is 49.6 Å². The topological polar surface area (TPSA) is 215 Å². The fraction of sp³-hybridized carbons (Fsp3) is 0.463. The Morgan fingerprint density at radius 3 is 2.19 bits per heavy atom. The van der Waals surface area contributed by atoms with Gasteiger partial charge in [0.05, 0.1) is 45.8 Å². The largest absolute Gasteiger partial charge is 0.494 e. The average molecular weight is 1050 g/mol. The minimum absolute atomic E-state index is 0.0203. The van der Waals surface area contributed by atoms with Gasteiger partial charge in [-0.25, -0.2) is 4.98 Å². The number of carbonyl (C=O) groups is 6. The first-order valence-corrected chi connectivity index (χ1v) is 25.9. The molecule has 0 radical (unpaired) electrons. The van der Waals surface area contributed by atoms with Crippen molar-refractivity contribution in [1.82, 2.24) is 40.2 Å². The molecule has 1 atom stereocenters. The highest BCUT2D eigenvalue weighted by Crippen LogP contribution is 2.43. The van der Waals surface area contributed by atoms with Crippen LogP contribution < -0.4 is 19.9 Å². The van der Waals surface area contributed by atoms with Gasteiger partial charge in [0.1, 0.15) is 23.5 Å². The van der Waals surface area contributed by atoms with E-state index in [1.165, 1.54) is 4.90 Å². The number of carbonyl (C=O) groups excluding carboxylic acids is 6. The van der Waals surface area contributed by atoms with Crippen LogP contribution in [0.5, 0.6) is 5.75 Å². The Balaban J connectivity index is 0.000000541. The van der Waals surface area contributed by atoms with Gasteiger partial charge in [-0.05, 0) is 100 Å². The molecule has 4 aliphatic rings. The Morgan fingerprint density at radius 1 is 0.919 bits per heavy atom. The number of likely N-dealkylation sites (tertiary alicyclic amines) is 2. The van der Waals surface area contributed by atoms with Crippen LogP contribution in [0.4, 0.5) is 11.5 Å². The summed E-state index contributed by atoms with van der Waals surface area (Å²) >= 11 is 11.3. The summed E-state index contributed by atoms with van der Waals surface area (Å²) in [6.45, 7) is 11.5. The molecule has 0 aliphatic carbocycles. The number of rotatable bonds is 15. The number of nitrogens with one attached hydrogen (secondary N) is 2. The van der Waals surface area contributed by atoms with Crippen LogP contribution in [0.1, 0.15) is 85.1 Å². The first kappa shape index (κ1) is 55.1. The highest BCUT2D eigenvalue weighted by molar-refractivity contribution is 6.35. The number of nitrogens with zero attached hydrogens (tertiary/aromatic N) is 8. The summed E-state index contributed by atoms with van der Waals surface area (Å²) in [5, 5.41) is 23.6. The van der Waals surface area contributed by atoms with Crippen molar-refractivity contribution in [1.29, 1.82) is 0 Å². The van der Waals surface area contributed by atoms with Gasteiger partial charge in [0.15, 0.2) is 6.29 Å². The molecule has 74 heavy (non-hydrogen) atoms. The maximum absolute atomic E-state index is 13.5. The second-order valence-electron chi connectivity index (χ2n) is 19.6. The number of aliphatic hydroxyl groups is 1. The summed E-state index contributed by atoms with van der Waals surface area (Å²) in [6.07, 6.45) is 10.3. The van der Waals surface area contributed by atoms with E-state index in [-0.39, 0.29) is 46.6 Å². The van der Waals surface area contributed by atoms with Crippen LogP contribution in [0, 0.1) is 18.3 Å². The molecule has 4 saturated heterocycles. The Morgan fingerprint density at radius 2 is 1.61 bits per heavy atom. The van der Waals surface area contributed by atoms with E-state index in [0.717, 1.165) is 83.9 Å². The van der Waals surface area contributed by atoms with Gasteiger partial charge in [-0.2, -0.15) is 5.10 Å². The number of aldehydes is 2. The van der Waals surface area contributed by atoms with E-state index in [1.807, 2.05) is 67.1 Å². The predicted octanol–water partition coefficient (Wildman–Crippen LogP) is 6.64. The number of aromatic nitrogens is 4. The van der Waals surface area contributed by atoms with Crippen molar-refractivity contribution in [3.63, 3.8) is 0 Å². The molecule has 0 bridgehead atoms. The molecule has 1 unspecified atom stereocenters. The molecule has 4 amide bonds. The lowest BCUT2D eigenvalue weighted by Crippen LogP contribution is -2.73. The molecule has 1 spiro atoms. The monoisotopic (exact) mass is 1050 g/mol. The summed E-state index contributed by atoms with van der Waals surface area (Å²) in [5.41, 5.74) is 3.76. The van der Waals surface area contributed by atoms with Crippen molar-refractivity contribution >= 4 is 82.3 Å². The number of pyridine rings is 2. The first-order chi connectivity index (χ1) is 35.6. The van der Waals surface area contributed by atoms with Crippen molar-refractivity contribution in [3.05, 3.63) is 93.9 Å².